The van der Waals surface area contributed by atoms with Crippen LogP contribution in [-0.2, 0) is 6.42 Å². The normalized spacial score (nSPS) is 14.5. The summed E-state index contributed by atoms with van der Waals surface area (Å²) in [4.78, 5) is 8.38. The lowest BCUT2D eigenvalue weighted by atomic mass is 10.1. The van der Waals surface area contributed by atoms with E-state index >= 15 is 0 Å². The minimum atomic E-state index is 0.182. The van der Waals surface area contributed by atoms with Crippen LogP contribution in [0.1, 0.15) is 32.9 Å². The summed E-state index contributed by atoms with van der Waals surface area (Å²) in [6.07, 6.45) is 3.64. The number of aryl methyl sites for hydroxylation is 1. The number of aliphatic hydroxyl groups excluding tert-OH is 1. The average Bonchev–Trinajstić information content (AvgIpc) is 2.29. The molecule has 1 heterocycles. The Hall–Kier alpha value is -1.16. The maximum atomic E-state index is 9.05. The van der Waals surface area contributed by atoms with E-state index in [1.807, 2.05) is 19.9 Å². The van der Waals surface area contributed by atoms with Crippen molar-refractivity contribution in [3.8, 4) is 0 Å². The number of hydrogen-bond donors (Lipinski definition) is 2. The number of aliphatic hydroxyl groups is 1. The quantitative estimate of drug-likeness (QED) is 0.773. The van der Waals surface area contributed by atoms with Crippen molar-refractivity contribution in [2.45, 2.75) is 39.7 Å². The Balaban J connectivity index is 2.62. The maximum absolute atomic E-state index is 9.05. The first-order valence-electron chi connectivity index (χ1n) is 5.85. The van der Waals surface area contributed by atoms with Crippen LogP contribution in [0.4, 0.5) is 5.82 Å². The van der Waals surface area contributed by atoms with Crippen LogP contribution in [-0.4, -0.2) is 27.7 Å². The number of nitrogens with zero attached hydrogens (tertiary/aromatic N) is 2. The first kappa shape index (κ1) is 12.9. The van der Waals surface area contributed by atoms with Gasteiger partial charge in [0.1, 0.15) is 12.1 Å². The smallest absolute Gasteiger partial charge is 0.129 e. The Morgan fingerprint density at radius 3 is 2.75 bits per heavy atom. The highest BCUT2D eigenvalue weighted by Gasteiger charge is 2.11. The summed E-state index contributed by atoms with van der Waals surface area (Å²) in [6.45, 7) is 6.36. The van der Waals surface area contributed by atoms with E-state index in [1.165, 1.54) is 0 Å². The predicted octanol–water partition coefficient (Wildman–Crippen LogP) is 1.86. The summed E-state index contributed by atoms with van der Waals surface area (Å²) in [7, 11) is 0. The van der Waals surface area contributed by atoms with E-state index in [1.54, 1.807) is 6.33 Å². The van der Waals surface area contributed by atoms with Crippen molar-refractivity contribution >= 4 is 5.82 Å². The fraction of sp³-hybridized carbons (Fsp3) is 0.667. The van der Waals surface area contributed by atoms with Crippen molar-refractivity contribution in [3.05, 3.63) is 18.1 Å². The van der Waals surface area contributed by atoms with Gasteiger partial charge in [-0.2, -0.15) is 0 Å². The molecule has 0 bridgehead atoms. The molecule has 2 atom stereocenters. The first-order valence-corrected chi connectivity index (χ1v) is 5.85. The fourth-order valence-corrected chi connectivity index (χ4v) is 1.40. The molecule has 1 rings (SSSR count). The van der Waals surface area contributed by atoms with Gasteiger partial charge < -0.3 is 10.4 Å². The van der Waals surface area contributed by atoms with Crippen LogP contribution in [0.25, 0.3) is 0 Å². The van der Waals surface area contributed by atoms with Crippen molar-refractivity contribution in [2.24, 2.45) is 5.92 Å². The van der Waals surface area contributed by atoms with Gasteiger partial charge in [-0.1, -0.05) is 20.3 Å². The second kappa shape index (κ2) is 6.43. The summed E-state index contributed by atoms with van der Waals surface area (Å²) in [5.41, 5.74) is 1.06. The molecular weight excluding hydrogens is 202 g/mol. The molecule has 1 aromatic rings. The van der Waals surface area contributed by atoms with E-state index in [2.05, 4.69) is 22.2 Å². The Kier molecular flexibility index (Phi) is 5.19. The molecule has 0 aliphatic heterocycles. The third kappa shape index (κ3) is 3.77. The maximum Gasteiger partial charge on any atom is 0.129 e. The lowest BCUT2D eigenvalue weighted by Crippen LogP contribution is -2.26. The summed E-state index contributed by atoms with van der Waals surface area (Å²) in [5.74, 6) is 1.05. The number of aromatic nitrogens is 2. The van der Waals surface area contributed by atoms with Crippen molar-refractivity contribution in [3.63, 3.8) is 0 Å². The third-order valence-corrected chi connectivity index (χ3v) is 2.75. The second-order valence-corrected chi connectivity index (χ2v) is 4.24. The largest absolute Gasteiger partial charge is 0.396 e. The Morgan fingerprint density at radius 2 is 2.12 bits per heavy atom. The molecule has 0 fully saturated rings. The molecule has 0 saturated heterocycles. The molecular formula is C12H21N3O. The van der Waals surface area contributed by atoms with Crippen molar-refractivity contribution < 1.29 is 5.11 Å². The third-order valence-electron chi connectivity index (χ3n) is 2.75. The molecule has 4 nitrogen and oxygen atoms in total. The molecule has 0 radical (unpaired) electrons. The highest BCUT2D eigenvalue weighted by atomic mass is 16.3. The van der Waals surface area contributed by atoms with Gasteiger partial charge in [0.15, 0.2) is 0 Å². The molecule has 0 saturated carbocycles. The predicted molar refractivity (Wildman–Crippen MR) is 65.4 cm³/mol. The van der Waals surface area contributed by atoms with Crippen LogP contribution in [0.5, 0.6) is 0 Å². The molecule has 16 heavy (non-hydrogen) atoms. The molecule has 2 N–H and O–H groups in total. The van der Waals surface area contributed by atoms with Gasteiger partial charge in [-0.3, -0.25) is 0 Å². The van der Waals surface area contributed by atoms with Gasteiger partial charge >= 0.3 is 0 Å². The highest BCUT2D eigenvalue weighted by molar-refractivity contribution is 5.35. The minimum Gasteiger partial charge on any atom is -0.396 e. The van der Waals surface area contributed by atoms with E-state index in [-0.39, 0.29) is 18.6 Å². The molecule has 0 aliphatic carbocycles. The highest BCUT2D eigenvalue weighted by Crippen LogP contribution is 2.11. The second-order valence-electron chi connectivity index (χ2n) is 4.24. The standard InChI is InChI=1S/C12H21N3O/c1-4-5-11-6-12(14-8-13-11)15-10(3)9(2)7-16/h6,8-10,16H,4-5,7H2,1-3H3,(H,13,14,15). The van der Waals surface area contributed by atoms with Gasteiger partial charge in [-0.15, -0.1) is 0 Å². The fourth-order valence-electron chi connectivity index (χ4n) is 1.40. The number of anilines is 1. The number of rotatable bonds is 6. The molecule has 0 spiro atoms. The van der Waals surface area contributed by atoms with E-state index in [4.69, 9.17) is 5.11 Å². The zero-order valence-corrected chi connectivity index (χ0v) is 10.3. The van der Waals surface area contributed by atoms with Crippen LogP contribution >= 0.6 is 0 Å². The van der Waals surface area contributed by atoms with Crippen LogP contribution in [0.15, 0.2) is 12.4 Å². The van der Waals surface area contributed by atoms with Crippen LogP contribution in [0, 0.1) is 5.92 Å². The van der Waals surface area contributed by atoms with E-state index in [0.29, 0.717) is 0 Å². The Labute approximate surface area is 97.1 Å². The van der Waals surface area contributed by atoms with Gasteiger partial charge in [0, 0.05) is 24.4 Å². The van der Waals surface area contributed by atoms with Gasteiger partial charge in [0.05, 0.1) is 0 Å². The molecule has 0 aromatic carbocycles. The zero-order valence-electron chi connectivity index (χ0n) is 10.3. The van der Waals surface area contributed by atoms with Crippen LogP contribution in [0.3, 0.4) is 0 Å². The van der Waals surface area contributed by atoms with Gasteiger partial charge in [-0.05, 0) is 19.3 Å². The average molecular weight is 223 g/mol. The number of hydrogen-bond acceptors (Lipinski definition) is 4. The van der Waals surface area contributed by atoms with Crippen LogP contribution < -0.4 is 5.32 Å². The molecule has 2 unspecified atom stereocenters. The molecule has 4 heteroatoms. The molecule has 90 valence electrons. The molecule has 0 aliphatic rings. The van der Waals surface area contributed by atoms with Crippen LogP contribution in [0.2, 0.25) is 0 Å². The Bertz CT molecular complexity index is 317. The van der Waals surface area contributed by atoms with Gasteiger partial charge in [0.25, 0.3) is 0 Å². The topological polar surface area (TPSA) is 58.0 Å². The molecule has 0 amide bonds. The summed E-state index contributed by atoms with van der Waals surface area (Å²) in [5, 5.41) is 12.3. The Morgan fingerprint density at radius 1 is 1.38 bits per heavy atom. The van der Waals surface area contributed by atoms with E-state index in [9.17, 15) is 0 Å². The lowest BCUT2D eigenvalue weighted by molar-refractivity contribution is 0.226. The summed E-state index contributed by atoms with van der Waals surface area (Å²) < 4.78 is 0. The molecule has 1 aromatic heterocycles. The van der Waals surface area contributed by atoms with Crippen molar-refractivity contribution in [1.29, 1.82) is 0 Å². The first-order chi connectivity index (χ1) is 7.67. The SMILES string of the molecule is CCCc1cc(NC(C)C(C)CO)ncn1. The van der Waals surface area contributed by atoms with Gasteiger partial charge in [0.2, 0.25) is 0 Å². The zero-order chi connectivity index (χ0) is 12.0. The van der Waals surface area contributed by atoms with E-state index in [0.717, 1.165) is 24.4 Å². The monoisotopic (exact) mass is 223 g/mol. The van der Waals surface area contributed by atoms with Gasteiger partial charge in [-0.25, -0.2) is 9.97 Å². The minimum absolute atomic E-state index is 0.182. The summed E-state index contributed by atoms with van der Waals surface area (Å²) in [6, 6.07) is 2.18. The van der Waals surface area contributed by atoms with Crippen molar-refractivity contribution in [2.75, 3.05) is 11.9 Å². The lowest BCUT2D eigenvalue weighted by Gasteiger charge is -2.19. The van der Waals surface area contributed by atoms with Crippen molar-refractivity contribution in [1.82, 2.24) is 9.97 Å². The number of nitrogens with one attached hydrogen (secondary N) is 1. The summed E-state index contributed by atoms with van der Waals surface area (Å²) >= 11 is 0. The van der Waals surface area contributed by atoms with E-state index < -0.39 is 0 Å².